The molecule has 0 atom stereocenters. The Labute approximate surface area is 59.4 Å². The average Bonchev–Trinajstić information content (AvgIpc) is 2.31. The minimum Gasteiger partial charge on any atom is -0.463 e. The van der Waals surface area contributed by atoms with Crippen LogP contribution in [0.15, 0.2) is 34.7 Å². The number of rotatable bonds is 1. The Kier molecular flexibility index (Phi) is 1.99. The van der Waals surface area contributed by atoms with E-state index in [9.17, 15) is 0 Å². The first-order chi connectivity index (χ1) is 4.84. The van der Waals surface area contributed by atoms with Crippen LogP contribution in [0.1, 0.15) is 0 Å². The first kappa shape index (κ1) is 6.74. The zero-order valence-electron chi connectivity index (χ0n) is 5.74. The van der Waals surface area contributed by atoms with Crippen molar-refractivity contribution in [2.45, 2.75) is 0 Å². The molecule has 0 radical (unpaired) electrons. The number of hydrogen-bond donors (Lipinski definition) is 0. The lowest BCUT2D eigenvalue weighted by Gasteiger charge is -1.91. The van der Waals surface area contributed by atoms with E-state index in [0.29, 0.717) is 5.76 Å². The Balaban J connectivity index is 2.72. The molecule has 0 saturated heterocycles. The van der Waals surface area contributed by atoms with Gasteiger partial charge in [0.2, 0.25) is 0 Å². The number of aliphatic imine (C=N–C) groups is 2. The third-order valence-corrected chi connectivity index (χ3v) is 1.03. The van der Waals surface area contributed by atoms with Crippen LogP contribution in [0.5, 0.6) is 0 Å². The molecule has 0 aliphatic carbocycles. The maximum absolute atomic E-state index is 4.90. The lowest BCUT2D eigenvalue weighted by molar-refractivity contribution is 0.392. The summed E-state index contributed by atoms with van der Waals surface area (Å²) < 4.78 is 4.90. The van der Waals surface area contributed by atoms with Crippen molar-refractivity contribution in [3.8, 4) is 0 Å². The first-order valence-electron chi connectivity index (χ1n) is 2.85. The van der Waals surface area contributed by atoms with Crippen LogP contribution in [0.4, 0.5) is 0 Å². The van der Waals surface area contributed by atoms with E-state index in [1.54, 1.807) is 19.4 Å². The zero-order valence-corrected chi connectivity index (χ0v) is 5.74. The molecule has 0 N–H and O–H groups in total. The van der Waals surface area contributed by atoms with Crippen LogP contribution in [0.25, 0.3) is 0 Å². The summed E-state index contributed by atoms with van der Waals surface area (Å²) in [7, 11) is 1.66. The van der Waals surface area contributed by atoms with Crippen molar-refractivity contribution in [3.05, 3.63) is 24.7 Å². The number of nitrogens with zero attached hydrogens (tertiary/aromatic N) is 2. The molecule has 0 fully saturated rings. The van der Waals surface area contributed by atoms with Crippen molar-refractivity contribution in [1.82, 2.24) is 0 Å². The maximum Gasteiger partial charge on any atom is 0.145 e. The smallest absolute Gasteiger partial charge is 0.145 e. The van der Waals surface area contributed by atoms with E-state index in [2.05, 4.69) is 16.6 Å². The van der Waals surface area contributed by atoms with Crippen molar-refractivity contribution in [3.63, 3.8) is 0 Å². The molecule has 0 aromatic rings. The van der Waals surface area contributed by atoms with Crippen molar-refractivity contribution < 1.29 is 4.74 Å². The molecule has 0 amide bonds. The fourth-order valence-corrected chi connectivity index (χ4v) is 0.569. The Morgan fingerprint density at radius 3 is 3.00 bits per heavy atom. The lowest BCUT2D eigenvalue weighted by Crippen LogP contribution is -1.92. The van der Waals surface area contributed by atoms with Gasteiger partial charge in [-0.2, -0.15) is 0 Å². The number of allylic oxidation sites excluding steroid dienone is 1. The van der Waals surface area contributed by atoms with E-state index in [1.165, 1.54) is 6.34 Å². The van der Waals surface area contributed by atoms with Gasteiger partial charge in [0.15, 0.2) is 0 Å². The predicted octanol–water partition coefficient (Wildman–Crippen LogP) is 1.14. The molecule has 0 aromatic heterocycles. The second-order valence-electron chi connectivity index (χ2n) is 1.73. The molecule has 0 aromatic carbocycles. The fourth-order valence-electron chi connectivity index (χ4n) is 0.569. The van der Waals surface area contributed by atoms with Gasteiger partial charge in [-0.15, -0.1) is 0 Å². The molecule has 3 heteroatoms. The average molecular weight is 136 g/mol. The van der Waals surface area contributed by atoms with Crippen molar-refractivity contribution in [1.29, 1.82) is 0 Å². The van der Waals surface area contributed by atoms with Gasteiger partial charge in [0, 0.05) is 13.1 Å². The van der Waals surface area contributed by atoms with E-state index in [4.69, 9.17) is 4.74 Å². The minimum absolute atomic E-state index is 0.569. The van der Waals surface area contributed by atoms with Crippen LogP contribution in [-0.4, -0.2) is 19.1 Å². The van der Waals surface area contributed by atoms with Gasteiger partial charge >= 0.3 is 0 Å². The predicted molar refractivity (Wildman–Crippen MR) is 41.2 cm³/mol. The van der Waals surface area contributed by atoms with Gasteiger partial charge in [0.25, 0.3) is 0 Å². The topological polar surface area (TPSA) is 34.0 Å². The molecule has 10 heavy (non-hydrogen) atoms. The summed E-state index contributed by atoms with van der Waals surface area (Å²) in [6, 6.07) is 0. The SMILES string of the molecule is C=C1OC=CC1=NC=NC. The fraction of sp³-hybridized carbons (Fsp3) is 0.143. The van der Waals surface area contributed by atoms with Gasteiger partial charge < -0.3 is 4.74 Å². The summed E-state index contributed by atoms with van der Waals surface area (Å²) in [6.07, 6.45) is 4.74. The summed E-state index contributed by atoms with van der Waals surface area (Å²) in [5.74, 6) is 0.569. The minimum atomic E-state index is 0.569. The quantitative estimate of drug-likeness (QED) is 0.393. The molecule has 0 saturated carbocycles. The van der Waals surface area contributed by atoms with E-state index >= 15 is 0 Å². The van der Waals surface area contributed by atoms with Gasteiger partial charge in [0.05, 0.1) is 6.26 Å². The Morgan fingerprint density at radius 1 is 1.70 bits per heavy atom. The van der Waals surface area contributed by atoms with Gasteiger partial charge in [-0.25, -0.2) is 4.99 Å². The van der Waals surface area contributed by atoms with E-state index in [1.807, 2.05) is 0 Å². The molecule has 3 nitrogen and oxygen atoms in total. The van der Waals surface area contributed by atoms with Gasteiger partial charge in [-0.05, 0) is 0 Å². The van der Waals surface area contributed by atoms with Crippen molar-refractivity contribution in [2.24, 2.45) is 9.98 Å². The summed E-state index contributed by atoms with van der Waals surface area (Å²) in [4.78, 5) is 7.63. The first-order valence-corrected chi connectivity index (χ1v) is 2.85. The number of ether oxygens (including phenoxy) is 1. The normalized spacial score (nSPS) is 20.9. The highest BCUT2D eigenvalue weighted by Crippen LogP contribution is 2.07. The van der Waals surface area contributed by atoms with Gasteiger partial charge in [-0.1, -0.05) is 6.58 Å². The molecular formula is C7H8N2O. The van der Waals surface area contributed by atoms with Crippen LogP contribution in [-0.2, 0) is 4.74 Å². The Hall–Kier alpha value is -1.38. The summed E-state index contributed by atoms with van der Waals surface area (Å²) in [5, 5.41) is 0. The second kappa shape index (κ2) is 2.96. The van der Waals surface area contributed by atoms with E-state index in [-0.39, 0.29) is 0 Å². The molecule has 1 aliphatic heterocycles. The van der Waals surface area contributed by atoms with E-state index in [0.717, 1.165) is 5.71 Å². The zero-order chi connectivity index (χ0) is 7.40. The summed E-state index contributed by atoms with van der Waals surface area (Å²) in [6.45, 7) is 3.61. The molecule has 52 valence electrons. The Bertz CT molecular complexity index is 226. The van der Waals surface area contributed by atoms with Gasteiger partial charge in [-0.3, -0.25) is 4.99 Å². The lowest BCUT2D eigenvalue weighted by atomic mass is 10.3. The second-order valence-corrected chi connectivity index (χ2v) is 1.73. The summed E-state index contributed by atoms with van der Waals surface area (Å²) in [5.41, 5.74) is 0.727. The Morgan fingerprint density at radius 2 is 2.50 bits per heavy atom. The molecule has 1 heterocycles. The van der Waals surface area contributed by atoms with Crippen LogP contribution in [0.3, 0.4) is 0 Å². The number of hydrogen-bond acceptors (Lipinski definition) is 2. The molecular weight excluding hydrogens is 128 g/mol. The highest BCUT2D eigenvalue weighted by Gasteiger charge is 2.05. The highest BCUT2D eigenvalue weighted by atomic mass is 16.5. The largest absolute Gasteiger partial charge is 0.463 e. The third kappa shape index (κ3) is 1.31. The molecule has 0 bridgehead atoms. The molecule has 0 unspecified atom stereocenters. The van der Waals surface area contributed by atoms with E-state index < -0.39 is 0 Å². The van der Waals surface area contributed by atoms with Crippen LogP contribution >= 0.6 is 0 Å². The molecule has 1 rings (SSSR count). The maximum atomic E-state index is 4.90. The van der Waals surface area contributed by atoms with Crippen LogP contribution in [0.2, 0.25) is 0 Å². The molecule has 1 aliphatic rings. The molecule has 0 spiro atoms. The monoisotopic (exact) mass is 136 g/mol. The van der Waals surface area contributed by atoms with Crippen LogP contribution in [0, 0.1) is 0 Å². The van der Waals surface area contributed by atoms with Gasteiger partial charge in [0.1, 0.15) is 17.8 Å². The van der Waals surface area contributed by atoms with Crippen molar-refractivity contribution >= 4 is 12.1 Å². The summed E-state index contributed by atoms with van der Waals surface area (Å²) >= 11 is 0. The third-order valence-electron chi connectivity index (χ3n) is 1.03. The highest BCUT2D eigenvalue weighted by molar-refractivity contribution is 6.10. The van der Waals surface area contributed by atoms with Crippen molar-refractivity contribution in [2.75, 3.05) is 7.05 Å². The standard InChI is InChI=1S/C7H8N2O/c1-6-7(3-4-10-6)9-5-8-2/h3-5H,1H2,2H3. The van der Waals surface area contributed by atoms with Crippen LogP contribution < -0.4 is 0 Å².